The van der Waals surface area contributed by atoms with E-state index in [2.05, 4.69) is 4.99 Å². The summed E-state index contributed by atoms with van der Waals surface area (Å²) in [5, 5.41) is 0. The third-order valence-corrected chi connectivity index (χ3v) is 4.04. The van der Waals surface area contributed by atoms with Crippen molar-refractivity contribution in [2.75, 3.05) is 7.05 Å². The van der Waals surface area contributed by atoms with Crippen LogP contribution in [0.5, 0.6) is 0 Å². The molecule has 0 N–H and O–H groups in total. The molecule has 0 aliphatic heterocycles. The van der Waals surface area contributed by atoms with Crippen molar-refractivity contribution >= 4 is 6.21 Å². The highest BCUT2D eigenvalue weighted by molar-refractivity contribution is 5.80. The zero-order valence-corrected chi connectivity index (χ0v) is 10.6. The minimum atomic E-state index is -4.41. The Morgan fingerprint density at radius 3 is 2.22 bits per heavy atom. The van der Waals surface area contributed by atoms with Gasteiger partial charge in [-0.3, -0.25) is 4.99 Å². The highest BCUT2D eigenvalue weighted by Gasteiger charge is 2.61. The Labute approximate surface area is 104 Å². The molecule has 2 rings (SSSR count). The van der Waals surface area contributed by atoms with Crippen molar-refractivity contribution in [1.82, 2.24) is 0 Å². The van der Waals surface area contributed by atoms with Crippen LogP contribution in [0.4, 0.5) is 17.6 Å². The van der Waals surface area contributed by atoms with Crippen molar-refractivity contribution in [2.45, 2.75) is 50.9 Å². The molecule has 0 aromatic heterocycles. The predicted molar refractivity (Wildman–Crippen MR) is 62.5 cm³/mol. The van der Waals surface area contributed by atoms with Crippen molar-refractivity contribution in [3.8, 4) is 0 Å². The van der Waals surface area contributed by atoms with Gasteiger partial charge in [0.1, 0.15) is 5.67 Å². The number of nitrogens with zero attached hydrogens (tertiary/aromatic N) is 1. The van der Waals surface area contributed by atoms with Crippen LogP contribution < -0.4 is 0 Å². The van der Waals surface area contributed by atoms with Gasteiger partial charge in [-0.05, 0) is 43.6 Å². The summed E-state index contributed by atoms with van der Waals surface area (Å²) in [4.78, 5) is 3.62. The molecule has 0 unspecified atom stereocenters. The quantitative estimate of drug-likeness (QED) is 0.533. The molecule has 0 amide bonds. The summed E-state index contributed by atoms with van der Waals surface area (Å²) in [5.41, 5.74) is -2.08. The maximum Gasteiger partial charge on any atom is 0.412 e. The van der Waals surface area contributed by atoms with Crippen LogP contribution in [0.3, 0.4) is 0 Å². The topological polar surface area (TPSA) is 12.4 Å². The molecule has 1 nitrogen and oxygen atoms in total. The van der Waals surface area contributed by atoms with Crippen LogP contribution >= 0.6 is 0 Å². The molecule has 2 aliphatic rings. The summed E-state index contributed by atoms with van der Waals surface area (Å²) in [7, 11) is 1.40. The fourth-order valence-corrected chi connectivity index (χ4v) is 2.90. The summed E-state index contributed by atoms with van der Waals surface area (Å²) in [6.07, 6.45) is -0.568. The summed E-state index contributed by atoms with van der Waals surface area (Å²) in [5.74, 6) is 0. The Bertz CT molecular complexity index is 394. The zero-order chi connectivity index (χ0) is 13.6. The van der Waals surface area contributed by atoms with Crippen LogP contribution in [0.25, 0.3) is 0 Å². The summed E-state index contributed by atoms with van der Waals surface area (Å²) in [6.45, 7) is 0.992. The first-order chi connectivity index (χ1) is 8.20. The second kappa shape index (κ2) is 4.07. The first kappa shape index (κ1) is 13.6. The number of aliphatic imine (C=N–C) groups is 1. The average molecular weight is 263 g/mol. The largest absolute Gasteiger partial charge is 0.412 e. The highest BCUT2D eigenvalue weighted by Crippen LogP contribution is 2.67. The van der Waals surface area contributed by atoms with Gasteiger partial charge in [-0.2, -0.15) is 13.2 Å². The number of alkyl halides is 4. The lowest BCUT2D eigenvalue weighted by atomic mass is 9.66. The molecule has 18 heavy (non-hydrogen) atoms. The molecular formula is C13H17F4N. The van der Waals surface area contributed by atoms with Crippen LogP contribution in [0.1, 0.15) is 39.0 Å². The van der Waals surface area contributed by atoms with Gasteiger partial charge in [-0.1, -0.05) is 0 Å². The lowest BCUT2D eigenvalue weighted by Crippen LogP contribution is -2.41. The van der Waals surface area contributed by atoms with Gasteiger partial charge in [0.25, 0.3) is 0 Å². The van der Waals surface area contributed by atoms with E-state index in [1.807, 2.05) is 0 Å². The summed E-state index contributed by atoms with van der Waals surface area (Å²) in [6, 6.07) is 0. The van der Waals surface area contributed by atoms with E-state index >= 15 is 0 Å². The van der Waals surface area contributed by atoms with Crippen LogP contribution in [0.2, 0.25) is 0 Å². The third kappa shape index (κ3) is 2.59. The Morgan fingerprint density at radius 2 is 1.83 bits per heavy atom. The molecule has 2 aliphatic carbocycles. The Hall–Kier alpha value is -0.870. The van der Waals surface area contributed by atoms with E-state index in [0.717, 1.165) is 26.0 Å². The first-order valence-corrected chi connectivity index (χ1v) is 6.08. The van der Waals surface area contributed by atoms with Crippen molar-refractivity contribution in [3.05, 3.63) is 11.1 Å². The van der Waals surface area contributed by atoms with E-state index in [0.29, 0.717) is 12.8 Å². The van der Waals surface area contributed by atoms with Gasteiger partial charge in [0.15, 0.2) is 0 Å². The van der Waals surface area contributed by atoms with E-state index < -0.39 is 17.4 Å². The number of halogens is 4. The fraction of sp³-hybridized carbons (Fsp3) is 0.769. The maximum absolute atomic E-state index is 14.3. The molecule has 102 valence electrons. The molecular weight excluding hydrogens is 246 g/mol. The summed E-state index contributed by atoms with van der Waals surface area (Å²) < 4.78 is 52.2. The average Bonchev–Trinajstić information content (AvgIpc) is 2.93. The van der Waals surface area contributed by atoms with E-state index in [4.69, 9.17) is 0 Å². The van der Waals surface area contributed by atoms with Crippen molar-refractivity contribution in [3.63, 3.8) is 0 Å². The van der Waals surface area contributed by atoms with E-state index in [1.165, 1.54) is 7.05 Å². The van der Waals surface area contributed by atoms with Gasteiger partial charge in [0.05, 0.1) is 0 Å². The standard InChI is InChI=1S/C13H17F4N/c1-9(13(15,16)17)10(6-18-2)5-12(14)7-11(8-12)3-4-11/h6H,3-5,7-8H2,1-2H3/b10-9+,18-6-. The van der Waals surface area contributed by atoms with Crippen LogP contribution in [-0.4, -0.2) is 25.1 Å². The first-order valence-electron chi connectivity index (χ1n) is 6.08. The lowest BCUT2D eigenvalue weighted by Gasteiger charge is -2.42. The Balaban J connectivity index is 2.12. The molecule has 2 saturated carbocycles. The maximum atomic E-state index is 14.3. The molecule has 2 fully saturated rings. The van der Waals surface area contributed by atoms with E-state index in [1.54, 1.807) is 0 Å². The van der Waals surface area contributed by atoms with Gasteiger partial charge in [-0.25, -0.2) is 4.39 Å². The van der Waals surface area contributed by atoms with E-state index in [9.17, 15) is 17.6 Å². The van der Waals surface area contributed by atoms with Crippen molar-refractivity contribution in [1.29, 1.82) is 0 Å². The monoisotopic (exact) mass is 263 g/mol. The number of allylic oxidation sites excluding steroid dienone is 2. The lowest BCUT2D eigenvalue weighted by molar-refractivity contribution is -0.0925. The Morgan fingerprint density at radius 1 is 1.28 bits per heavy atom. The number of hydrogen-bond donors (Lipinski definition) is 0. The molecule has 0 aromatic rings. The highest BCUT2D eigenvalue weighted by atomic mass is 19.4. The van der Waals surface area contributed by atoms with Gasteiger partial charge in [0.2, 0.25) is 0 Å². The third-order valence-electron chi connectivity index (χ3n) is 4.04. The fourth-order valence-electron chi connectivity index (χ4n) is 2.90. The van der Waals surface area contributed by atoms with E-state index in [-0.39, 0.29) is 17.4 Å². The summed E-state index contributed by atoms with van der Waals surface area (Å²) >= 11 is 0. The van der Waals surface area contributed by atoms with Gasteiger partial charge in [-0.15, -0.1) is 0 Å². The Kier molecular flexibility index (Phi) is 3.06. The smallest absolute Gasteiger partial charge is 0.296 e. The van der Waals surface area contributed by atoms with Crippen LogP contribution in [0, 0.1) is 5.41 Å². The molecule has 0 saturated heterocycles. The second-order valence-electron chi connectivity index (χ2n) is 5.72. The van der Waals surface area contributed by atoms with Crippen LogP contribution in [-0.2, 0) is 0 Å². The van der Waals surface area contributed by atoms with Gasteiger partial charge >= 0.3 is 6.18 Å². The SMILES string of the molecule is C/N=C\C(CC1(F)CC2(CC2)C1)=C(/C)C(F)(F)F. The zero-order valence-electron chi connectivity index (χ0n) is 10.6. The second-order valence-corrected chi connectivity index (χ2v) is 5.72. The number of hydrogen-bond acceptors (Lipinski definition) is 1. The van der Waals surface area contributed by atoms with Crippen molar-refractivity contribution < 1.29 is 17.6 Å². The number of rotatable bonds is 3. The van der Waals surface area contributed by atoms with Crippen molar-refractivity contribution in [2.24, 2.45) is 10.4 Å². The van der Waals surface area contributed by atoms with Crippen LogP contribution in [0.15, 0.2) is 16.1 Å². The predicted octanol–water partition coefficient (Wildman–Crippen LogP) is 4.24. The minimum absolute atomic E-state index is 0.0250. The normalized spacial score (nSPS) is 26.1. The molecule has 0 bridgehead atoms. The molecule has 0 aromatic carbocycles. The molecule has 0 atom stereocenters. The molecule has 0 heterocycles. The molecule has 5 heteroatoms. The molecule has 1 spiro atoms. The van der Waals surface area contributed by atoms with Gasteiger partial charge < -0.3 is 0 Å². The minimum Gasteiger partial charge on any atom is -0.296 e. The molecule has 0 radical (unpaired) electrons. The van der Waals surface area contributed by atoms with Gasteiger partial charge in [0, 0.05) is 25.3 Å².